The van der Waals surface area contributed by atoms with Gasteiger partial charge in [0.15, 0.2) is 0 Å². The second-order valence-electron chi connectivity index (χ2n) is 2.19. The van der Waals surface area contributed by atoms with Gasteiger partial charge < -0.3 is 20.4 Å². The fourth-order valence-corrected chi connectivity index (χ4v) is 0.873. The Labute approximate surface area is 68.0 Å². The average Bonchev–Trinajstić information content (AvgIpc) is 2.04. The van der Waals surface area contributed by atoms with Gasteiger partial charge in [0.1, 0.15) is 0 Å². The van der Waals surface area contributed by atoms with Gasteiger partial charge in [-0.3, -0.25) is 0 Å². The van der Waals surface area contributed by atoms with Gasteiger partial charge in [-0.2, -0.15) is 0 Å². The van der Waals surface area contributed by atoms with Gasteiger partial charge in [0.25, 0.3) is 11.9 Å². The average molecular weight is 168 g/mol. The van der Waals surface area contributed by atoms with Crippen molar-refractivity contribution < 1.29 is 20.4 Å². The van der Waals surface area contributed by atoms with Crippen LogP contribution in [0.15, 0.2) is 24.3 Å². The smallest absolute Gasteiger partial charge is 0.282 e. The van der Waals surface area contributed by atoms with E-state index >= 15 is 0 Å². The maximum atomic E-state index is 8.69. The van der Waals surface area contributed by atoms with E-state index in [-0.39, 0.29) is 10.4 Å². The fourth-order valence-electron chi connectivity index (χ4n) is 0.873. The van der Waals surface area contributed by atoms with E-state index in [2.05, 4.69) is 0 Å². The highest BCUT2D eigenvalue weighted by Crippen LogP contribution is 1.78. The van der Waals surface area contributed by atoms with Crippen LogP contribution in [-0.4, -0.2) is 20.4 Å². The van der Waals surface area contributed by atoms with Crippen molar-refractivity contribution >= 4 is 11.9 Å². The van der Waals surface area contributed by atoms with Crippen LogP contribution in [0, 0.1) is 0 Å². The molecule has 1 aromatic carbocycles. The lowest BCUT2D eigenvalue weighted by molar-refractivity contribution is 0.289. The van der Waals surface area contributed by atoms with Gasteiger partial charge in [-0.05, 0) is 12.1 Å². The van der Waals surface area contributed by atoms with E-state index in [1.807, 2.05) is 0 Å². The molecule has 0 saturated heterocycles. The number of benzene rings is 1. The predicted octanol–water partition coefficient (Wildman–Crippen LogP) is 0.0500. The third kappa shape index (κ3) is 1.42. The van der Waals surface area contributed by atoms with E-state index in [9.17, 15) is 0 Å². The van der Waals surface area contributed by atoms with Gasteiger partial charge in [0, 0.05) is 0 Å². The highest BCUT2D eigenvalue weighted by atomic mass is 16.5. The molecule has 0 amide bonds. The summed E-state index contributed by atoms with van der Waals surface area (Å²) in [6.07, 6.45) is 0. The summed E-state index contributed by atoms with van der Waals surface area (Å²) in [6, 6.07) is 5.82. The zero-order valence-electron chi connectivity index (χ0n) is 6.10. The molecule has 0 fully saturated rings. The molecule has 0 unspecified atom stereocenters. The highest BCUT2D eigenvalue weighted by Gasteiger charge is 1.95. The van der Waals surface area contributed by atoms with Gasteiger partial charge >= 0.3 is 0 Å². The second-order valence-corrected chi connectivity index (χ2v) is 2.19. The molecule has 4 nitrogen and oxygen atoms in total. The van der Waals surface area contributed by atoms with E-state index in [4.69, 9.17) is 20.4 Å². The van der Waals surface area contributed by atoms with Crippen LogP contribution in [0.25, 0.3) is 11.9 Å². The summed E-state index contributed by atoms with van der Waals surface area (Å²) in [4.78, 5) is 0. The standard InChI is InChI=1S/C8H8O4/c9-7(10)5-3-1-2-4-6(5)8(11)12/h1-4,9-12H. The first-order valence-corrected chi connectivity index (χ1v) is 3.22. The summed E-state index contributed by atoms with van der Waals surface area (Å²) < 4.78 is 0. The summed E-state index contributed by atoms with van der Waals surface area (Å²) >= 11 is 0. The minimum absolute atomic E-state index is 0.0162. The van der Waals surface area contributed by atoms with Crippen LogP contribution in [0.1, 0.15) is 0 Å². The lowest BCUT2D eigenvalue weighted by atomic mass is 10.2. The number of hydrogen-bond donors (Lipinski definition) is 4. The zero-order chi connectivity index (χ0) is 9.14. The Kier molecular flexibility index (Phi) is 2.09. The first kappa shape index (κ1) is 8.26. The molecule has 1 aromatic rings. The summed E-state index contributed by atoms with van der Waals surface area (Å²) in [7, 11) is 0. The fraction of sp³-hybridized carbons (Fsp3) is 0. The van der Waals surface area contributed by atoms with Crippen LogP contribution in [0.2, 0.25) is 0 Å². The summed E-state index contributed by atoms with van der Waals surface area (Å²) in [6.45, 7) is 0. The van der Waals surface area contributed by atoms with Gasteiger partial charge in [0.2, 0.25) is 0 Å². The molecule has 1 rings (SSSR count). The monoisotopic (exact) mass is 168 g/mol. The van der Waals surface area contributed by atoms with Crippen molar-refractivity contribution in [2.45, 2.75) is 0 Å². The summed E-state index contributed by atoms with van der Waals surface area (Å²) in [5, 5.41) is 34.7. The Balaban J connectivity index is 3.75. The summed E-state index contributed by atoms with van der Waals surface area (Å²) in [5.74, 6) is -1.88. The van der Waals surface area contributed by atoms with Crippen LogP contribution in [0.3, 0.4) is 0 Å². The van der Waals surface area contributed by atoms with Gasteiger partial charge in [-0.1, -0.05) is 12.1 Å². The minimum atomic E-state index is -0.939. The molecular formula is C8H8O4. The minimum Gasteiger partial charge on any atom is -0.481 e. The molecule has 0 atom stereocenters. The normalized spacial score (nSPS) is 9.33. The SMILES string of the molecule is OC(O)=c1ccccc1=C(O)O. The first-order valence-electron chi connectivity index (χ1n) is 3.22. The van der Waals surface area contributed by atoms with E-state index < -0.39 is 11.9 Å². The highest BCUT2D eigenvalue weighted by molar-refractivity contribution is 5.32. The molecule has 0 aliphatic heterocycles. The second kappa shape index (κ2) is 3.04. The van der Waals surface area contributed by atoms with E-state index in [1.54, 1.807) is 12.1 Å². The quantitative estimate of drug-likeness (QED) is 0.441. The lowest BCUT2D eigenvalue weighted by Gasteiger charge is -1.91. The van der Waals surface area contributed by atoms with Crippen molar-refractivity contribution in [1.82, 2.24) is 0 Å². The van der Waals surface area contributed by atoms with Crippen molar-refractivity contribution in [3.63, 3.8) is 0 Å². The Hall–Kier alpha value is -1.84. The van der Waals surface area contributed by atoms with Crippen LogP contribution >= 0.6 is 0 Å². The molecule has 64 valence electrons. The molecule has 0 saturated carbocycles. The maximum Gasteiger partial charge on any atom is 0.282 e. The molecule has 0 aliphatic rings. The topological polar surface area (TPSA) is 80.9 Å². The van der Waals surface area contributed by atoms with Crippen molar-refractivity contribution in [1.29, 1.82) is 0 Å². The van der Waals surface area contributed by atoms with E-state index in [0.29, 0.717) is 0 Å². The van der Waals surface area contributed by atoms with Crippen molar-refractivity contribution in [3.8, 4) is 0 Å². The third-order valence-electron chi connectivity index (χ3n) is 1.41. The van der Waals surface area contributed by atoms with Crippen molar-refractivity contribution in [2.24, 2.45) is 0 Å². The van der Waals surface area contributed by atoms with Gasteiger partial charge in [-0.25, -0.2) is 0 Å². The maximum absolute atomic E-state index is 8.69. The summed E-state index contributed by atoms with van der Waals surface area (Å²) in [5.41, 5.74) is 0. The van der Waals surface area contributed by atoms with Crippen molar-refractivity contribution in [3.05, 3.63) is 34.7 Å². The molecule has 4 heteroatoms. The first-order chi connectivity index (χ1) is 5.63. The molecule has 0 aliphatic carbocycles. The van der Waals surface area contributed by atoms with Crippen LogP contribution in [-0.2, 0) is 0 Å². The molecule has 0 spiro atoms. The number of aliphatic hydroxyl groups is 4. The Bertz CT molecular complexity index is 347. The molecule has 0 aromatic heterocycles. The molecule has 0 heterocycles. The van der Waals surface area contributed by atoms with Crippen LogP contribution in [0.4, 0.5) is 0 Å². The third-order valence-corrected chi connectivity index (χ3v) is 1.41. The predicted molar refractivity (Wildman–Crippen MR) is 43.0 cm³/mol. The number of hydrogen-bond acceptors (Lipinski definition) is 4. The van der Waals surface area contributed by atoms with Crippen LogP contribution in [0.5, 0.6) is 0 Å². The molecule has 4 N–H and O–H groups in total. The number of rotatable bonds is 0. The molecule has 12 heavy (non-hydrogen) atoms. The number of aliphatic hydroxyl groups excluding tert-OH is 2. The molecular weight excluding hydrogens is 160 g/mol. The van der Waals surface area contributed by atoms with E-state index in [0.717, 1.165) is 0 Å². The van der Waals surface area contributed by atoms with Crippen LogP contribution < -0.4 is 10.4 Å². The largest absolute Gasteiger partial charge is 0.481 e. The van der Waals surface area contributed by atoms with Gasteiger partial charge in [-0.15, -0.1) is 0 Å². The van der Waals surface area contributed by atoms with Gasteiger partial charge in [0.05, 0.1) is 10.4 Å². The molecule has 0 bridgehead atoms. The Morgan fingerprint density at radius 2 is 1.08 bits per heavy atom. The lowest BCUT2D eigenvalue weighted by Crippen LogP contribution is -2.28. The Morgan fingerprint density at radius 1 is 0.750 bits per heavy atom. The molecule has 0 radical (unpaired) electrons. The van der Waals surface area contributed by atoms with Crippen molar-refractivity contribution in [2.75, 3.05) is 0 Å². The van der Waals surface area contributed by atoms with E-state index in [1.165, 1.54) is 12.1 Å². The Morgan fingerprint density at radius 3 is 1.33 bits per heavy atom. The zero-order valence-corrected chi connectivity index (χ0v) is 6.10.